The molecule has 0 saturated carbocycles. The van der Waals surface area contributed by atoms with Gasteiger partial charge in [0.2, 0.25) is 29.5 Å². The van der Waals surface area contributed by atoms with Crippen LogP contribution in [0.2, 0.25) is 0 Å². The molecule has 234 valence electrons. The van der Waals surface area contributed by atoms with Crippen molar-refractivity contribution in [3.05, 3.63) is 29.8 Å². The van der Waals surface area contributed by atoms with Crippen molar-refractivity contribution in [2.45, 2.75) is 63.7 Å². The molecule has 16 nitrogen and oxygen atoms in total. The van der Waals surface area contributed by atoms with E-state index in [0.717, 1.165) is 0 Å². The number of hydrogen-bond donors (Lipinski definition) is 10. The Morgan fingerprint density at radius 1 is 0.929 bits per heavy atom. The summed E-state index contributed by atoms with van der Waals surface area (Å²) in [7, 11) is 0. The average Bonchev–Trinajstić information content (AvgIpc) is 2.94. The predicted molar refractivity (Wildman–Crippen MR) is 154 cm³/mol. The number of aliphatic hydroxyl groups is 1. The average molecular weight is 594 g/mol. The number of rotatable bonds is 18. The van der Waals surface area contributed by atoms with E-state index in [9.17, 15) is 34.2 Å². The van der Waals surface area contributed by atoms with Crippen LogP contribution in [0.15, 0.2) is 29.3 Å². The Morgan fingerprint density at radius 2 is 1.57 bits per heavy atom. The number of nitrogens with one attached hydrogen (secondary N) is 4. The number of phenolic OH excluding ortho intramolecular Hbond substituents is 1. The lowest BCUT2D eigenvalue weighted by molar-refractivity contribution is -0.133. The number of benzene rings is 1. The minimum atomic E-state index is -1.43. The number of carbonyl (C=O) groups is 5. The normalized spacial score (nSPS) is 14.3. The molecule has 0 radical (unpaired) electrons. The topological polar surface area (TPSA) is 290 Å². The maximum absolute atomic E-state index is 12.9. The molecule has 1 aromatic rings. The molecule has 1 aromatic carbocycles. The van der Waals surface area contributed by atoms with E-state index in [4.69, 9.17) is 22.9 Å². The van der Waals surface area contributed by atoms with Crippen LogP contribution in [0.5, 0.6) is 5.75 Å². The zero-order valence-electron chi connectivity index (χ0n) is 23.8. The highest BCUT2D eigenvalue weighted by Gasteiger charge is 2.29. The number of aromatic hydroxyl groups is 1. The van der Waals surface area contributed by atoms with E-state index in [1.807, 2.05) is 6.92 Å². The van der Waals surface area contributed by atoms with Gasteiger partial charge in [0.05, 0.1) is 19.2 Å². The number of phenols is 1. The quantitative estimate of drug-likeness (QED) is 0.0453. The minimum Gasteiger partial charge on any atom is -0.508 e. The molecule has 0 aliphatic heterocycles. The first-order valence-electron chi connectivity index (χ1n) is 13.5. The van der Waals surface area contributed by atoms with Crippen molar-refractivity contribution in [3.63, 3.8) is 0 Å². The third kappa shape index (κ3) is 12.8. The summed E-state index contributed by atoms with van der Waals surface area (Å²) in [4.78, 5) is 66.1. The summed E-state index contributed by atoms with van der Waals surface area (Å²) in [6, 6.07) is 1.68. The molecular formula is C26H43N9O7. The highest BCUT2D eigenvalue weighted by Crippen LogP contribution is 2.12. The second-order valence-corrected chi connectivity index (χ2v) is 9.78. The van der Waals surface area contributed by atoms with E-state index in [1.165, 1.54) is 12.1 Å². The van der Waals surface area contributed by atoms with Crippen LogP contribution < -0.4 is 44.2 Å². The number of nitrogens with two attached hydrogens (primary N) is 4. The molecule has 0 heterocycles. The van der Waals surface area contributed by atoms with E-state index >= 15 is 0 Å². The molecule has 0 spiro atoms. The fraction of sp³-hybridized carbons (Fsp3) is 0.538. The van der Waals surface area contributed by atoms with Crippen LogP contribution in [0.3, 0.4) is 0 Å². The number of aliphatic imine (C=N–C) groups is 1. The minimum absolute atomic E-state index is 0.0751. The number of carbonyl (C=O) groups excluding carboxylic acids is 5. The summed E-state index contributed by atoms with van der Waals surface area (Å²) in [6.07, 6.45) is 1.13. The van der Waals surface area contributed by atoms with Crippen molar-refractivity contribution in [2.75, 3.05) is 19.7 Å². The largest absolute Gasteiger partial charge is 0.508 e. The second kappa shape index (κ2) is 18.1. The van der Waals surface area contributed by atoms with Gasteiger partial charge in [0, 0.05) is 6.54 Å². The molecule has 0 saturated heterocycles. The van der Waals surface area contributed by atoms with Gasteiger partial charge >= 0.3 is 0 Å². The van der Waals surface area contributed by atoms with Gasteiger partial charge in [0.15, 0.2) is 5.96 Å². The van der Waals surface area contributed by atoms with Gasteiger partial charge in [-0.3, -0.25) is 29.0 Å². The Hall–Kier alpha value is -4.44. The van der Waals surface area contributed by atoms with Crippen molar-refractivity contribution in [2.24, 2.45) is 33.8 Å². The maximum Gasteiger partial charge on any atom is 0.245 e. The van der Waals surface area contributed by atoms with Gasteiger partial charge in [0.25, 0.3) is 0 Å². The zero-order chi connectivity index (χ0) is 31.8. The molecule has 0 bridgehead atoms. The summed E-state index contributed by atoms with van der Waals surface area (Å²) in [6.45, 7) is 2.40. The zero-order valence-corrected chi connectivity index (χ0v) is 23.8. The molecule has 42 heavy (non-hydrogen) atoms. The smallest absolute Gasteiger partial charge is 0.245 e. The van der Waals surface area contributed by atoms with Crippen LogP contribution in [0, 0.1) is 5.92 Å². The van der Waals surface area contributed by atoms with Crippen molar-refractivity contribution < 1.29 is 34.2 Å². The Balaban J connectivity index is 2.70. The highest BCUT2D eigenvalue weighted by atomic mass is 16.3. The molecule has 5 atom stereocenters. The van der Waals surface area contributed by atoms with E-state index in [-0.39, 0.29) is 37.0 Å². The maximum atomic E-state index is 12.9. The molecule has 14 N–H and O–H groups in total. The summed E-state index contributed by atoms with van der Waals surface area (Å²) in [5, 5.41) is 28.7. The first kappa shape index (κ1) is 35.6. The summed E-state index contributed by atoms with van der Waals surface area (Å²) >= 11 is 0. The van der Waals surface area contributed by atoms with Gasteiger partial charge in [-0.2, -0.15) is 0 Å². The molecule has 0 unspecified atom stereocenters. The first-order chi connectivity index (χ1) is 19.8. The Kier molecular flexibility index (Phi) is 15.3. The lowest BCUT2D eigenvalue weighted by Crippen LogP contribution is -2.57. The van der Waals surface area contributed by atoms with E-state index in [2.05, 4.69) is 26.3 Å². The first-order valence-corrected chi connectivity index (χ1v) is 13.5. The fourth-order valence-corrected chi connectivity index (χ4v) is 3.72. The van der Waals surface area contributed by atoms with Crippen LogP contribution in [-0.4, -0.2) is 89.6 Å². The van der Waals surface area contributed by atoms with Gasteiger partial charge in [-0.25, -0.2) is 0 Å². The van der Waals surface area contributed by atoms with Crippen molar-refractivity contribution >= 4 is 35.5 Å². The monoisotopic (exact) mass is 593 g/mol. The van der Waals surface area contributed by atoms with Crippen LogP contribution >= 0.6 is 0 Å². The van der Waals surface area contributed by atoms with Crippen molar-refractivity contribution in [1.29, 1.82) is 0 Å². The molecular weight excluding hydrogens is 550 g/mol. The number of primary amides is 1. The fourth-order valence-electron chi connectivity index (χ4n) is 3.72. The Labute approximate surface area is 244 Å². The van der Waals surface area contributed by atoms with Crippen LogP contribution in [0.25, 0.3) is 0 Å². The molecule has 0 aliphatic rings. The SMILES string of the molecule is CC[C@H](C)[C@H](NC(=O)[C@H](N)Cc1ccc(O)cc1)C(=O)NCC(=O)N[C@@H](CO)C(=O)N[C@H](CCCN=C(N)N)C(N)=O. The lowest BCUT2D eigenvalue weighted by Gasteiger charge is -2.25. The van der Waals surface area contributed by atoms with Crippen LogP contribution in [0.4, 0.5) is 0 Å². The van der Waals surface area contributed by atoms with Gasteiger partial charge in [-0.15, -0.1) is 0 Å². The number of amides is 5. The molecule has 16 heteroatoms. The Morgan fingerprint density at radius 3 is 2.12 bits per heavy atom. The second-order valence-electron chi connectivity index (χ2n) is 9.78. The van der Waals surface area contributed by atoms with E-state index in [0.29, 0.717) is 18.4 Å². The summed E-state index contributed by atoms with van der Waals surface area (Å²) < 4.78 is 0. The predicted octanol–water partition coefficient (Wildman–Crippen LogP) is -3.59. The summed E-state index contributed by atoms with van der Waals surface area (Å²) in [5.74, 6) is -4.09. The van der Waals surface area contributed by atoms with E-state index in [1.54, 1.807) is 19.1 Å². The lowest BCUT2D eigenvalue weighted by atomic mass is 9.97. The van der Waals surface area contributed by atoms with Crippen LogP contribution in [-0.2, 0) is 30.4 Å². The Bertz CT molecular complexity index is 1090. The van der Waals surface area contributed by atoms with Gasteiger partial charge in [-0.05, 0) is 42.9 Å². The van der Waals surface area contributed by atoms with E-state index < -0.39 is 66.9 Å². The number of guanidine groups is 1. The summed E-state index contributed by atoms with van der Waals surface area (Å²) in [5.41, 5.74) is 22.5. The third-order valence-electron chi connectivity index (χ3n) is 6.38. The van der Waals surface area contributed by atoms with Gasteiger partial charge in [0.1, 0.15) is 23.9 Å². The molecule has 0 aromatic heterocycles. The molecule has 0 fully saturated rings. The molecule has 0 aliphatic carbocycles. The third-order valence-corrected chi connectivity index (χ3v) is 6.38. The van der Waals surface area contributed by atoms with Gasteiger partial charge in [-0.1, -0.05) is 32.4 Å². The standard InChI is InChI=1S/C26H43N9O7/c1-3-14(2)21(35-23(40)17(27)11-15-6-8-16(37)9-7-15)25(42)32-12-20(38)33-19(13-36)24(41)34-18(22(28)39)5-4-10-31-26(29)30/h6-9,14,17-19,21,36-37H,3-5,10-13,27H2,1-2H3,(H2,28,39)(H,32,42)(H,33,38)(H,34,41)(H,35,40)(H4,29,30,31)/t14-,17+,18+,19-,21-/m0/s1. The van der Waals surface area contributed by atoms with Gasteiger partial charge < -0.3 is 54.4 Å². The molecule has 1 rings (SSSR count). The van der Waals surface area contributed by atoms with Crippen LogP contribution in [0.1, 0.15) is 38.7 Å². The number of hydrogen-bond acceptors (Lipinski definition) is 9. The highest BCUT2D eigenvalue weighted by molar-refractivity contribution is 5.94. The number of nitrogens with zero attached hydrogens (tertiary/aromatic N) is 1. The van der Waals surface area contributed by atoms with Crippen molar-refractivity contribution in [3.8, 4) is 5.75 Å². The molecule has 5 amide bonds. The number of aliphatic hydroxyl groups excluding tert-OH is 1. The van der Waals surface area contributed by atoms with Crippen molar-refractivity contribution in [1.82, 2.24) is 21.3 Å².